The number of hydrogen-bond donors (Lipinski definition) is 9. The van der Waals surface area contributed by atoms with Crippen LogP contribution in [0.5, 0.6) is 0 Å². The molecule has 0 aliphatic carbocycles. The van der Waals surface area contributed by atoms with E-state index in [-0.39, 0.29) is 30.9 Å². The lowest BCUT2D eigenvalue weighted by Crippen LogP contribution is -2.60. The Kier molecular flexibility index (Phi) is 54.0. The smallest absolute Gasteiger partial charge is 0.317 e. The van der Waals surface area contributed by atoms with Crippen molar-refractivity contribution in [3.63, 3.8) is 0 Å². The van der Waals surface area contributed by atoms with E-state index in [1.165, 1.54) is 23.9 Å². The van der Waals surface area contributed by atoms with Crippen molar-refractivity contribution in [2.75, 3.05) is 56.7 Å². The average molecular weight is 1650 g/mol. The van der Waals surface area contributed by atoms with Crippen LogP contribution in [0, 0.1) is 0 Å². The monoisotopic (exact) mass is 1640 g/mol. The molecule has 3 amide bonds. The van der Waals surface area contributed by atoms with Gasteiger partial charge < -0.3 is 83.3 Å². The molecular formula is C58H141ClN4O18S2Si13. The maximum Gasteiger partial charge on any atom is 0.317 e. The van der Waals surface area contributed by atoms with Crippen molar-refractivity contribution >= 4 is 169 Å². The number of amides is 3. The van der Waals surface area contributed by atoms with Gasteiger partial charge in [-0.3, -0.25) is 19.2 Å². The minimum absolute atomic E-state index is 0.0354. The standard InChI is InChI=1S/C25H58N2O8SSi5.C15H37NO4Si4.C12H35NO3Si4.C3H3ClO.C3H8O2S/c1-12-24(30)26-16-13-20-41(11,34-39(8,9)32-37(2,3)4)35-40(10,33-38(5,6)7)19-14-17-27-25(31)15-18-36-22-23(29)21-28;1-11-15(17)16-13-12-14-24(10,19-22(5,6)7)20-23(8,9)18-21(2,3)4;1-17(2,3)14-19(7,8)16-20(9,12-10-11-13)15-18(4,5)6;1-2-3(4)5;4-1-3(5)2-6/h12,23,28-29H,1,13-22H2,2-11H3,(H,26,30)(H,27,31);11H,1,12-14H2,2-10H3,(H,16,17);10-13H2,1-9H3;2H,1H2;3-6H,1-2H2. The van der Waals surface area contributed by atoms with E-state index in [0.29, 0.717) is 68.4 Å². The maximum atomic E-state index is 12.3. The van der Waals surface area contributed by atoms with Gasteiger partial charge in [0.25, 0.3) is 0 Å². The number of thiol groups is 1. The first kappa shape index (κ1) is 105. The highest BCUT2D eigenvalue weighted by Gasteiger charge is 2.50. The van der Waals surface area contributed by atoms with Crippen molar-refractivity contribution in [2.24, 2.45) is 5.73 Å². The van der Waals surface area contributed by atoms with Crippen molar-refractivity contribution < 1.29 is 80.8 Å². The number of nitrogens with two attached hydrogens (primary N) is 1. The lowest BCUT2D eigenvalue weighted by molar-refractivity contribution is -0.120. The summed E-state index contributed by atoms with van der Waals surface area (Å²) >= 11 is 9.84. The lowest BCUT2D eigenvalue weighted by Gasteiger charge is -2.44. The number of thioether (sulfide) groups is 1. The van der Waals surface area contributed by atoms with Gasteiger partial charge in [-0.2, -0.15) is 24.4 Å². The lowest BCUT2D eigenvalue weighted by atomic mass is 10.4. The fraction of sp³-hybridized carbons (Fsp3) is 0.828. The van der Waals surface area contributed by atoms with E-state index in [1.54, 1.807) is 0 Å². The Hall–Kier alpha value is 0.509. The molecule has 572 valence electrons. The molecule has 0 rings (SSSR count). The molecule has 38 heteroatoms. The largest absolute Gasteiger partial charge is 0.437 e. The van der Waals surface area contributed by atoms with Crippen LogP contribution >= 0.6 is 36.0 Å². The van der Waals surface area contributed by atoms with Crippen LogP contribution in [-0.4, -0.2) is 222 Å². The molecule has 0 aromatic heterocycles. The zero-order valence-corrected chi connectivity index (χ0v) is 80.5. The molecule has 9 N–H and O–H groups in total. The summed E-state index contributed by atoms with van der Waals surface area (Å²) in [4.78, 5) is 44.7. The van der Waals surface area contributed by atoms with E-state index in [1.807, 2.05) is 0 Å². The van der Waals surface area contributed by atoms with Crippen LogP contribution in [0.4, 0.5) is 0 Å². The van der Waals surface area contributed by atoms with Gasteiger partial charge in [-0.05, 0) is 270 Å². The molecule has 22 nitrogen and oxygen atoms in total. The van der Waals surface area contributed by atoms with Crippen molar-refractivity contribution in [3.8, 4) is 0 Å². The summed E-state index contributed by atoms with van der Waals surface area (Å²) in [6, 6.07) is 3.21. The van der Waals surface area contributed by atoms with E-state index in [9.17, 15) is 24.3 Å². The van der Waals surface area contributed by atoms with Crippen LogP contribution in [0.1, 0.15) is 32.1 Å². The summed E-state index contributed by atoms with van der Waals surface area (Å²) in [5.74, 6) is 0.958. The third-order valence-electron chi connectivity index (χ3n) is 11.2. The molecule has 0 bridgehead atoms. The number of aliphatic hydroxyl groups is 4. The normalized spacial score (nSPS) is 15.7. The first-order chi connectivity index (χ1) is 43.0. The number of allylic oxidation sites excluding steroid dienone is 1. The van der Waals surface area contributed by atoms with E-state index in [2.05, 4.69) is 232 Å². The van der Waals surface area contributed by atoms with Gasteiger partial charge in [0.1, 0.15) is 0 Å². The van der Waals surface area contributed by atoms with Crippen LogP contribution in [0.15, 0.2) is 38.0 Å². The molecule has 0 heterocycles. The van der Waals surface area contributed by atoms with Gasteiger partial charge in [0.15, 0.2) is 49.9 Å². The van der Waals surface area contributed by atoms with Crippen molar-refractivity contribution in [1.82, 2.24) is 16.0 Å². The number of carbonyl (C=O) groups is 4. The molecule has 0 fully saturated rings. The summed E-state index contributed by atoms with van der Waals surface area (Å²) in [5, 5.41) is 42.8. The molecule has 0 spiro atoms. The fourth-order valence-electron chi connectivity index (χ4n) is 9.76. The van der Waals surface area contributed by atoms with Crippen LogP contribution in [0.2, 0.25) is 207 Å². The van der Waals surface area contributed by atoms with Gasteiger partial charge >= 0.3 is 59.9 Å². The summed E-state index contributed by atoms with van der Waals surface area (Å²) in [5.41, 5.74) is 5.67. The summed E-state index contributed by atoms with van der Waals surface area (Å²) in [6.45, 7) is 72.5. The SMILES string of the molecule is C=CC(=O)Cl.C=CC(=O)NCCC[Si](C)(O[Si](C)(C)C)O[Si](C)(C)O[Si](C)(C)C.C=CC(=O)NCCC[Si](C)(O[Si](C)(C)O[Si](C)(C)C)O[Si](C)(CCCNC(=O)CCSCC(O)CO)O[Si](C)(C)C.C[Si](C)(C)O[Si](C)(C)O[Si](C)(CCCN)O[Si](C)(C)C.OCC(O)CS. The number of halogens is 1. The second kappa shape index (κ2) is 49.3. The third-order valence-corrected chi connectivity index (χ3v) is 58.2. The molecule has 0 aromatic carbocycles. The summed E-state index contributed by atoms with van der Waals surface area (Å²) in [6.07, 6.45) is 5.80. The topological polar surface area (TPSA) is 304 Å². The number of aliphatic hydroxyl groups excluding tert-OH is 4. The van der Waals surface area contributed by atoms with Gasteiger partial charge in [-0.25, -0.2) is 0 Å². The Morgan fingerprint density at radius 1 is 0.448 bits per heavy atom. The first-order valence-corrected chi connectivity index (χ1v) is 74.5. The summed E-state index contributed by atoms with van der Waals surface area (Å²) in [7, 11) is -27.4. The third kappa shape index (κ3) is 70.2. The Balaban J connectivity index is -0.000000424. The Morgan fingerprint density at radius 3 is 0.958 bits per heavy atom. The van der Waals surface area contributed by atoms with Gasteiger partial charge in [0.2, 0.25) is 23.0 Å². The van der Waals surface area contributed by atoms with Crippen LogP contribution < -0.4 is 21.7 Å². The molecular weight excluding hydrogens is 1510 g/mol. The second-order valence-corrected chi connectivity index (χ2v) is 86.0. The van der Waals surface area contributed by atoms with Gasteiger partial charge in [-0.15, -0.1) is 0 Å². The number of rotatable bonds is 46. The van der Waals surface area contributed by atoms with Gasteiger partial charge in [0, 0.05) is 43.3 Å². The molecule has 0 aliphatic rings. The fourth-order valence-corrected chi connectivity index (χ4v) is 70.5. The highest BCUT2D eigenvalue weighted by molar-refractivity contribution is 7.99. The van der Waals surface area contributed by atoms with E-state index in [0.717, 1.165) is 37.4 Å². The molecule has 96 heavy (non-hydrogen) atoms. The highest BCUT2D eigenvalue weighted by atomic mass is 35.5. The minimum atomic E-state index is -2.81. The zero-order chi connectivity index (χ0) is 76.7. The van der Waals surface area contributed by atoms with Gasteiger partial charge in [-0.1, -0.05) is 19.7 Å². The molecule has 0 aromatic rings. The Morgan fingerprint density at radius 2 is 0.719 bits per heavy atom. The predicted molar refractivity (Wildman–Crippen MR) is 439 cm³/mol. The maximum absolute atomic E-state index is 12.3. The number of nitrogens with one attached hydrogen (secondary N) is 3. The molecule has 0 saturated carbocycles. The van der Waals surface area contributed by atoms with E-state index >= 15 is 0 Å². The van der Waals surface area contributed by atoms with Crippen LogP contribution in [0.3, 0.4) is 0 Å². The Labute approximate surface area is 612 Å². The second-order valence-electron chi connectivity index (χ2n) is 31.2. The predicted octanol–water partition coefficient (Wildman–Crippen LogP) is 12.5. The molecule has 6 unspecified atom stereocenters. The van der Waals surface area contributed by atoms with Crippen molar-refractivity contribution in [2.45, 2.75) is 252 Å². The van der Waals surface area contributed by atoms with Crippen LogP contribution in [0.25, 0.3) is 0 Å². The van der Waals surface area contributed by atoms with E-state index < -0.39 is 127 Å². The molecule has 0 radical (unpaired) electrons. The van der Waals surface area contributed by atoms with E-state index in [4.69, 9.17) is 73.8 Å². The minimum Gasteiger partial charge on any atom is -0.437 e. The quantitative estimate of drug-likeness (QED) is 0.00899. The number of carbonyl (C=O) groups excluding carboxylic acids is 4. The molecule has 6 atom stereocenters. The number of hydrogen-bond acceptors (Lipinski definition) is 21. The average Bonchev–Trinajstić information content (AvgIpc) is 0.823. The molecule has 0 aliphatic heterocycles. The van der Waals surface area contributed by atoms with Crippen LogP contribution in [-0.2, 0) is 60.3 Å². The summed E-state index contributed by atoms with van der Waals surface area (Å²) < 4.78 is 65.9. The van der Waals surface area contributed by atoms with Crippen molar-refractivity contribution in [1.29, 1.82) is 0 Å². The highest BCUT2D eigenvalue weighted by Crippen LogP contribution is 2.33. The van der Waals surface area contributed by atoms with Crippen molar-refractivity contribution in [3.05, 3.63) is 38.0 Å². The Bertz CT molecular complexity index is 2220. The zero-order valence-electron chi connectivity index (χ0n) is 65.1. The first-order valence-electron chi connectivity index (χ1n) is 33.3. The molecule has 0 saturated heterocycles. The van der Waals surface area contributed by atoms with Gasteiger partial charge in [0.05, 0.1) is 25.4 Å².